The average molecular weight is 372 g/mol. The van der Waals surface area contributed by atoms with E-state index in [0.29, 0.717) is 29.7 Å². The molecule has 132 valence electrons. The van der Waals surface area contributed by atoms with E-state index in [-0.39, 0.29) is 18.1 Å². The van der Waals surface area contributed by atoms with E-state index in [1.54, 1.807) is 17.0 Å². The van der Waals surface area contributed by atoms with E-state index < -0.39 is 5.60 Å². The Morgan fingerprint density at radius 2 is 2.08 bits per heavy atom. The number of hydrogen-bond acceptors (Lipinski definition) is 3. The van der Waals surface area contributed by atoms with Crippen LogP contribution >= 0.6 is 23.2 Å². The molecule has 4 nitrogen and oxygen atoms in total. The second-order valence-corrected chi connectivity index (χ2v) is 7.59. The lowest BCUT2D eigenvalue weighted by Gasteiger charge is -2.29. The third-order valence-electron chi connectivity index (χ3n) is 3.74. The summed E-state index contributed by atoms with van der Waals surface area (Å²) in [4.78, 5) is 14.1. The first-order chi connectivity index (χ1) is 11.2. The molecule has 0 aliphatic carbocycles. The average Bonchev–Trinajstić information content (AvgIpc) is 2.70. The van der Waals surface area contributed by atoms with Crippen LogP contribution in [0.4, 0.5) is 4.79 Å². The lowest BCUT2D eigenvalue weighted by molar-refractivity contribution is 0.0238. The normalized spacial score (nSPS) is 22.0. The van der Waals surface area contributed by atoms with Crippen LogP contribution < -0.4 is 0 Å². The molecule has 1 aliphatic rings. The van der Waals surface area contributed by atoms with Crippen LogP contribution in [-0.4, -0.2) is 42.4 Å². The van der Waals surface area contributed by atoms with Crippen molar-refractivity contribution in [1.82, 2.24) is 4.90 Å². The Bertz CT molecular complexity index is 613. The number of halogens is 2. The van der Waals surface area contributed by atoms with Crippen molar-refractivity contribution < 1.29 is 14.3 Å². The van der Waals surface area contributed by atoms with Gasteiger partial charge in [-0.05, 0) is 38.5 Å². The third-order valence-corrected chi connectivity index (χ3v) is 4.48. The summed E-state index contributed by atoms with van der Waals surface area (Å²) in [6.45, 7) is 10.8. The van der Waals surface area contributed by atoms with Crippen LogP contribution in [0.5, 0.6) is 0 Å². The summed E-state index contributed by atoms with van der Waals surface area (Å²) in [7, 11) is 0. The lowest BCUT2D eigenvalue weighted by Crippen LogP contribution is -2.40. The number of amides is 1. The highest BCUT2D eigenvalue weighted by atomic mass is 35.5. The molecule has 6 heteroatoms. The maximum Gasteiger partial charge on any atom is 0.410 e. The van der Waals surface area contributed by atoms with Crippen molar-refractivity contribution in [3.63, 3.8) is 0 Å². The molecule has 0 radical (unpaired) electrons. The summed E-state index contributed by atoms with van der Waals surface area (Å²) < 4.78 is 11.3. The molecule has 1 heterocycles. The maximum absolute atomic E-state index is 12.4. The van der Waals surface area contributed by atoms with Crippen LogP contribution in [0.2, 0.25) is 10.0 Å². The fourth-order valence-electron chi connectivity index (χ4n) is 2.61. The van der Waals surface area contributed by atoms with Gasteiger partial charge in [0.15, 0.2) is 0 Å². The molecule has 2 rings (SSSR count). The van der Waals surface area contributed by atoms with Gasteiger partial charge in [0.25, 0.3) is 0 Å². The van der Waals surface area contributed by atoms with Gasteiger partial charge in [0.1, 0.15) is 5.60 Å². The van der Waals surface area contributed by atoms with Gasteiger partial charge < -0.3 is 14.4 Å². The summed E-state index contributed by atoms with van der Waals surface area (Å²) in [5, 5.41) is 0.971. The monoisotopic (exact) mass is 371 g/mol. The number of carbonyl (C=O) groups excluding carboxylic acids is 1. The van der Waals surface area contributed by atoms with Gasteiger partial charge in [0.05, 0.1) is 22.8 Å². The van der Waals surface area contributed by atoms with Gasteiger partial charge in [-0.2, -0.15) is 0 Å². The first-order valence-corrected chi connectivity index (χ1v) is 8.64. The molecule has 1 aromatic carbocycles. The Morgan fingerprint density at radius 1 is 1.38 bits per heavy atom. The molecule has 0 aromatic heterocycles. The van der Waals surface area contributed by atoms with E-state index in [4.69, 9.17) is 32.7 Å². The predicted molar refractivity (Wildman–Crippen MR) is 96.9 cm³/mol. The number of carbonyl (C=O) groups is 1. The van der Waals surface area contributed by atoms with Crippen molar-refractivity contribution in [3.8, 4) is 0 Å². The number of ether oxygens (including phenoxy) is 2. The molecule has 1 aromatic rings. The molecule has 2 atom stereocenters. The summed E-state index contributed by atoms with van der Waals surface area (Å²) in [6.07, 6.45) is 1.20. The Morgan fingerprint density at radius 3 is 2.67 bits per heavy atom. The largest absolute Gasteiger partial charge is 0.444 e. The van der Waals surface area contributed by atoms with Crippen molar-refractivity contribution in [1.29, 1.82) is 0 Å². The highest BCUT2D eigenvalue weighted by Crippen LogP contribution is 2.31. The van der Waals surface area contributed by atoms with Gasteiger partial charge in [-0.1, -0.05) is 35.3 Å². The molecule has 0 bridgehead atoms. The molecule has 0 N–H and O–H groups in total. The molecule has 1 amide bonds. The van der Waals surface area contributed by atoms with E-state index in [9.17, 15) is 4.79 Å². The van der Waals surface area contributed by atoms with Crippen LogP contribution in [0.25, 0.3) is 0 Å². The molecule has 0 spiro atoms. The van der Waals surface area contributed by atoms with Crippen LogP contribution in [-0.2, 0) is 9.47 Å². The molecule has 1 aliphatic heterocycles. The number of benzene rings is 1. The van der Waals surface area contributed by atoms with E-state index in [1.165, 1.54) is 0 Å². The molecular weight excluding hydrogens is 349 g/mol. The van der Waals surface area contributed by atoms with Gasteiger partial charge in [0, 0.05) is 19.0 Å². The maximum atomic E-state index is 12.4. The van der Waals surface area contributed by atoms with Crippen molar-refractivity contribution in [3.05, 3.63) is 46.5 Å². The van der Waals surface area contributed by atoms with Crippen molar-refractivity contribution in [2.75, 3.05) is 19.7 Å². The van der Waals surface area contributed by atoms with Crippen molar-refractivity contribution in [2.45, 2.75) is 38.4 Å². The van der Waals surface area contributed by atoms with Gasteiger partial charge in [-0.25, -0.2) is 4.79 Å². The van der Waals surface area contributed by atoms with E-state index in [2.05, 4.69) is 6.58 Å². The highest BCUT2D eigenvalue weighted by Gasteiger charge is 2.32. The van der Waals surface area contributed by atoms with E-state index >= 15 is 0 Å². The first-order valence-electron chi connectivity index (χ1n) is 7.88. The van der Waals surface area contributed by atoms with Gasteiger partial charge in [0.2, 0.25) is 0 Å². The zero-order chi connectivity index (χ0) is 17.9. The summed E-state index contributed by atoms with van der Waals surface area (Å²) in [5.74, 6) is -0.0905. The zero-order valence-electron chi connectivity index (χ0n) is 14.2. The first kappa shape index (κ1) is 19.1. The minimum atomic E-state index is -0.541. The zero-order valence-corrected chi connectivity index (χ0v) is 15.7. The summed E-state index contributed by atoms with van der Waals surface area (Å²) >= 11 is 12.2. The Kier molecular flexibility index (Phi) is 6.18. The number of nitrogens with zero attached hydrogens (tertiary/aromatic N) is 1. The Labute approximate surface area is 153 Å². The molecule has 1 fully saturated rings. The van der Waals surface area contributed by atoms with Crippen LogP contribution in [0.3, 0.4) is 0 Å². The fraction of sp³-hybridized carbons (Fsp3) is 0.500. The van der Waals surface area contributed by atoms with Crippen LogP contribution in [0.1, 0.15) is 32.3 Å². The number of hydrogen-bond donors (Lipinski definition) is 0. The minimum Gasteiger partial charge on any atom is -0.444 e. The molecule has 0 saturated carbocycles. The van der Waals surface area contributed by atoms with Gasteiger partial charge in [-0.3, -0.25) is 0 Å². The number of rotatable bonds is 2. The van der Waals surface area contributed by atoms with E-state index in [0.717, 1.165) is 5.56 Å². The molecular formula is C18H23Cl2NO3. The van der Waals surface area contributed by atoms with Gasteiger partial charge >= 0.3 is 6.09 Å². The van der Waals surface area contributed by atoms with Crippen LogP contribution in [0, 0.1) is 0 Å². The third kappa shape index (κ3) is 4.88. The summed E-state index contributed by atoms with van der Waals surface area (Å²) in [6, 6.07) is 5.46. The Balaban J connectivity index is 2.26. The molecule has 24 heavy (non-hydrogen) atoms. The minimum absolute atomic E-state index is 0.0905. The molecule has 1 saturated heterocycles. The lowest BCUT2D eigenvalue weighted by atomic mass is 9.93. The SMILES string of the molecule is C=C[C@@H]1OCCN(C(=O)OC(C)(C)C)C[C@H]1c1ccc(Cl)c(Cl)c1. The predicted octanol–water partition coefficient (Wildman–Crippen LogP) is 4.90. The van der Waals surface area contributed by atoms with Crippen molar-refractivity contribution >= 4 is 29.3 Å². The smallest absolute Gasteiger partial charge is 0.410 e. The summed E-state index contributed by atoms with van der Waals surface area (Å²) in [5.41, 5.74) is 0.408. The van der Waals surface area contributed by atoms with Crippen molar-refractivity contribution in [2.24, 2.45) is 0 Å². The second-order valence-electron chi connectivity index (χ2n) is 6.78. The second kappa shape index (κ2) is 7.77. The van der Waals surface area contributed by atoms with E-state index in [1.807, 2.05) is 32.9 Å². The van der Waals surface area contributed by atoms with Crippen LogP contribution in [0.15, 0.2) is 30.9 Å². The fourth-order valence-corrected chi connectivity index (χ4v) is 2.92. The topological polar surface area (TPSA) is 38.8 Å². The van der Waals surface area contributed by atoms with Gasteiger partial charge in [-0.15, -0.1) is 6.58 Å². The quantitative estimate of drug-likeness (QED) is 0.694. The standard InChI is InChI=1S/C18H23Cl2NO3/c1-5-16-13(12-6-7-14(19)15(20)10-12)11-21(8-9-23-16)17(22)24-18(2,3)4/h5-7,10,13,16H,1,8-9,11H2,2-4H3/t13-,16-/m0/s1. The highest BCUT2D eigenvalue weighted by molar-refractivity contribution is 6.42. The Hall–Kier alpha value is -1.23. The molecule has 0 unspecified atom stereocenters.